The fraction of sp³-hybridized carbons (Fsp3) is 0.111. The number of aryl methyl sites for hydroxylation is 1. The minimum absolute atomic E-state index is 0. The van der Waals surface area contributed by atoms with Gasteiger partial charge in [0.2, 0.25) is 5.52 Å². The highest BCUT2D eigenvalue weighted by Crippen LogP contribution is 2.09. The van der Waals surface area contributed by atoms with E-state index < -0.39 is 0 Å². The van der Waals surface area contributed by atoms with Crippen molar-refractivity contribution < 1.29 is 28.7 Å². The van der Waals surface area contributed by atoms with Crippen LogP contribution in [-0.4, -0.2) is 5.10 Å². The van der Waals surface area contributed by atoms with Gasteiger partial charge in [-0.2, -0.15) is 0 Å². The Hall–Kier alpha value is -0.910. The van der Waals surface area contributed by atoms with Gasteiger partial charge >= 0.3 is 0 Å². The molecule has 0 amide bonds. The lowest BCUT2D eigenvalue weighted by Crippen LogP contribution is -3.00. The summed E-state index contributed by atoms with van der Waals surface area (Å²) in [5, 5.41) is 5.21. The molecule has 2 aromatic rings. The number of rotatable bonds is 0. The van der Waals surface area contributed by atoms with Gasteiger partial charge in [-0.1, -0.05) is 16.8 Å². The van der Waals surface area contributed by atoms with Crippen LogP contribution >= 0.6 is 0 Å². The predicted octanol–water partition coefficient (Wildman–Crippen LogP) is -2.35. The van der Waals surface area contributed by atoms with Crippen LogP contribution in [0.4, 0.5) is 5.82 Å². The molecule has 0 spiro atoms. The molecule has 0 saturated heterocycles. The molecule has 0 saturated carbocycles. The molecule has 3 nitrogen and oxygen atoms in total. The first kappa shape index (κ1) is 10.2. The van der Waals surface area contributed by atoms with Crippen LogP contribution in [0.5, 0.6) is 0 Å². The maximum Gasteiger partial charge on any atom is 0.239 e. The number of benzene rings is 1. The molecule has 0 aliphatic carbocycles. The van der Waals surface area contributed by atoms with E-state index in [1.807, 2.05) is 37.4 Å². The highest BCUT2D eigenvalue weighted by atomic mass is 127. The molecule has 4 heteroatoms. The number of nitrogen functional groups attached to an aromatic ring is 1. The van der Waals surface area contributed by atoms with E-state index >= 15 is 0 Å². The molecule has 0 bridgehead atoms. The SMILES string of the molecule is C[n+]1nc(N)cc2ccccc21.[I-]. The first-order chi connectivity index (χ1) is 5.77. The normalized spacial score (nSPS) is 9.62. The highest BCUT2D eigenvalue weighted by molar-refractivity contribution is 5.76. The zero-order chi connectivity index (χ0) is 8.55. The molecule has 1 aromatic carbocycles. The largest absolute Gasteiger partial charge is 1.00 e. The van der Waals surface area contributed by atoms with E-state index in [1.54, 1.807) is 4.68 Å². The van der Waals surface area contributed by atoms with Crippen molar-refractivity contribution in [3.05, 3.63) is 30.3 Å². The van der Waals surface area contributed by atoms with Crippen molar-refractivity contribution >= 4 is 16.7 Å². The van der Waals surface area contributed by atoms with Crippen molar-refractivity contribution in [2.45, 2.75) is 0 Å². The van der Waals surface area contributed by atoms with Crippen molar-refractivity contribution in [2.24, 2.45) is 7.05 Å². The van der Waals surface area contributed by atoms with Gasteiger partial charge in [-0.05, 0) is 6.07 Å². The van der Waals surface area contributed by atoms with Gasteiger partial charge in [0.1, 0.15) is 0 Å². The fourth-order valence-corrected chi connectivity index (χ4v) is 1.32. The third-order valence-corrected chi connectivity index (χ3v) is 1.85. The number of nitrogens with zero attached hydrogens (tertiary/aromatic N) is 2. The summed E-state index contributed by atoms with van der Waals surface area (Å²) in [6.45, 7) is 0. The first-order valence-corrected chi connectivity index (χ1v) is 3.79. The molecule has 1 heterocycles. The Bertz CT molecular complexity index is 428. The zero-order valence-corrected chi connectivity index (χ0v) is 9.39. The summed E-state index contributed by atoms with van der Waals surface area (Å²) in [6.07, 6.45) is 0. The number of nitrogens with two attached hydrogens (primary N) is 1. The summed E-state index contributed by atoms with van der Waals surface area (Å²) in [4.78, 5) is 0. The first-order valence-electron chi connectivity index (χ1n) is 3.79. The van der Waals surface area contributed by atoms with Gasteiger partial charge in [0.05, 0.1) is 5.39 Å². The van der Waals surface area contributed by atoms with Crippen LogP contribution in [0.1, 0.15) is 0 Å². The fourth-order valence-electron chi connectivity index (χ4n) is 1.32. The molecule has 0 aliphatic rings. The molecular weight excluding hydrogens is 277 g/mol. The maximum atomic E-state index is 5.59. The average molecular weight is 287 g/mol. The summed E-state index contributed by atoms with van der Waals surface area (Å²) in [7, 11) is 1.89. The Kier molecular flexibility index (Phi) is 3.02. The molecule has 2 rings (SSSR count). The third-order valence-electron chi connectivity index (χ3n) is 1.85. The van der Waals surface area contributed by atoms with E-state index in [1.165, 1.54) is 0 Å². The van der Waals surface area contributed by atoms with Crippen molar-refractivity contribution in [3.63, 3.8) is 0 Å². The van der Waals surface area contributed by atoms with E-state index in [0.29, 0.717) is 5.82 Å². The molecule has 0 radical (unpaired) electrons. The lowest BCUT2D eigenvalue weighted by atomic mass is 10.2. The Labute approximate surface area is 93.6 Å². The summed E-state index contributed by atoms with van der Waals surface area (Å²) in [5.74, 6) is 0.552. The van der Waals surface area contributed by atoms with E-state index in [4.69, 9.17) is 5.73 Å². The van der Waals surface area contributed by atoms with Crippen molar-refractivity contribution in [3.8, 4) is 0 Å². The van der Waals surface area contributed by atoms with E-state index in [0.717, 1.165) is 10.9 Å². The van der Waals surface area contributed by atoms with Crippen molar-refractivity contribution in [1.82, 2.24) is 5.10 Å². The van der Waals surface area contributed by atoms with Crippen LogP contribution < -0.4 is 34.4 Å². The lowest BCUT2D eigenvalue weighted by Gasteiger charge is -1.94. The van der Waals surface area contributed by atoms with Gasteiger partial charge in [0.15, 0.2) is 12.9 Å². The summed E-state index contributed by atoms with van der Waals surface area (Å²) >= 11 is 0. The summed E-state index contributed by atoms with van der Waals surface area (Å²) < 4.78 is 1.78. The summed E-state index contributed by atoms with van der Waals surface area (Å²) in [5.41, 5.74) is 6.68. The number of aromatic nitrogens is 2. The molecule has 0 fully saturated rings. The number of fused-ring (bicyclic) bond motifs is 1. The molecular formula is C9H10IN3. The van der Waals surface area contributed by atoms with Gasteiger partial charge < -0.3 is 29.7 Å². The van der Waals surface area contributed by atoms with Crippen LogP contribution in [-0.2, 0) is 7.05 Å². The van der Waals surface area contributed by atoms with Crippen molar-refractivity contribution in [2.75, 3.05) is 5.73 Å². The lowest BCUT2D eigenvalue weighted by molar-refractivity contribution is -0.704. The van der Waals surface area contributed by atoms with Gasteiger partial charge in [0, 0.05) is 17.2 Å². The smallest absolute Gasteiger partial charge is 0.239 e. The molecule has 68 valence electrons. The van der Waals surface area contributed by atoms with Crippen LogP contribution in [0.2, 0.25) is 0 Å². The monoisotopic (exact) mass is 287 g/mol. The third kappa shape index (κ3) is 1.88. The van der Waals surface area contributed by atoms with Crippen LogP contribution in [0.15, 0.2) is 30.3 Å². The van der Waals surface area contributed by atoms with Gasteiger partial charge in [-0.15, -0.1) is 0 Å². The number of para-hydroxylation sites is 1. The molecule has 13 heavy (non-hydrogen) atoms. The molecule has 1 aromatic heterocycles. The Morgan fingerprint density at radius 3 is 2.77 bits per heavy atom. The number of halogens is 1. The zero-order valence-electron chi connectivity index (χ0n) is 7.24. The second-order valence-electron chi connectivity index (χ2n) is 2.75. The predicted molar refractivity (Wildman–Crippen MR) is 47.3 cm³/mol. The molecule has 0 aliphatic heterocycles. The minimum atomic E-state index is 0. The van der Waals surface area contributed by atoms with E-state index in [-0.39, 0.29) is 24.0 Å². The van der Waals surface area contributed by atoms with Crippen LogP contribution in [0.25, 0.3) is 10.9 Å². The molecule has 0 unspecified atom stereocenters. The van der Waals surface area contributed by atoms with E-state index in [9.17, 15) is 0 Å². The highest BCUT2D eigenvalue weighted by Gasteiger charge is 2.05. The Morgan fingerprint density at radius 1 is 1.31 bits per heavy atom. The average Bonchev–Trinajstić information content (AvgIpc) is 2.04. The number of hydrogen-bond acceptors (Lipinski definition) is 2. The van der Waals surface area contributed by atoms with Crippen LogP contribution in [0, 0.1) is 0 Å². The number of hydrogen-bond donors (Lipinski definition) is 1. The second-order valence-corrected chi connectivity index (χ2v) is 2.75. The van der Waals surface area contributed by atoms with Gasteiger partial charge in [-0.25, -0.2) is 0 Å². The van der Waals surface area contributed by atoms with Gasteiger partial charge in [-0.3, -0.25) is 0 Å². The quantitative estimate of drug-likeness (QED) is 0.435. The standard InChI is InChI=1S/C9H10N3.HI/c1-12-8-5-3-2-4-7(8)6-9(10)11-12;/h2-6H,1H3,(H2,10,11);1H/q+1;/p-1. The molecule has 2 N–H and O–H groups in total. The Morgan fingerprint density at radius 2 is 2.00 bits per heavy atom. The molecule has 0 atom stereocenters. The second kappa shape index (κ2) is 3.87. The van der Waals surface area contributed by atoms with Gasteiger partial charge in [0.25, 0.3) is 0 Å². The van der Waals surface area contributed by atoms with Crippen molar-refractivity contribution in [1.29, 1.82) is 0 Å². The topological polar surface area (TPSA) is 42.8 Å². The number of anilines is 1. The summed E-state index contributed by atoms with van der Waals surface area (Å²) in [6, 6.07) is 9.88. The van der Waals surface area contributed by atoms with E-state index in [2.05, 4.69) is 5.10 Å². The minimum Gasteiger partial charge on any atom is -1.00 e. The van der Waals surface area contributed by atoms with Crippen LogP contribution in [0.3, 0.4) is 0 Å². The maximum absolute atomic E-state index is 5.59. The Balaban J connectivity index is 0.000000845.